The molecule has 5 nitrogen and oxygen atoms in total. The fourth-order valence-electron chi connectivity index (χ4n) is 1.78. The molecule has 1 fully saturated rings. The van der Waals surface area contributed by atoms with E-state index in [1.54, 1.807) is 11.3 Å². The summed E-state index contributed by atoms with van der Waals surface area (Å²) >= 11 is 1.63. The van der Waals surface area contributed by atoms with E-state index in [0.29, 0.717) is 25.7 Å². The average Bonchev–Trinajstić information content (AvgIpc) is 2.89. The van der Waals surface area contributed by atoms with Gasteiger partial charge in [0.2, 0.25) is 0 Å². The van der Waals surface area contributed by atoms with Crippen molar-refractivity contribution in [3.8, 4) is 0 Å². The zero-order chi connectivity index (χ0) is 13.8. The van der Waals surface area contributed by atoms with Gasteiger partial charge in [-0.25, -0.2) is 4.98 Å². The molecule has 1 saturated heterocycles. The van der Waals surface area contributed by atoms with Crippen molar-refractivity contribution in [2.75, 3.05) is 19.8 Å². The van der Waals surface area contributed by atoms with E-state index >= 15 is 0 Å². The van der Waals surface area contributed by atoms with Crippen molar-refractivity contribution in [3.05, 3.63) is 16.1 Å². The number of nitrogens with one attached hydrogen (secondary N) is 1. The molecule has 1 aliphatic rings. The highest BCUT2D eigenvalue weighted by molar-refractivity contribution is 7.09. The van der Waals surface area contributed by atoms with E-state index in [4.69, 9.17) is 9.47 Å². The Bertz CT molecular complexity index is 427. The first kappa shape index (κ1) is 14.4. The summed E-state index contributed by atoms with van der Waals surface area (Å²) in [6.07, 6.45) is -0.501. The van der Waals surface area contributed by atoms with Crippen molar-refractivity contribution >= 4 is 17.2 Å². The lowest BCUT2D eigenvalue weighted by Gasteiger charge is -2.23. The van der Waals surface area contributed by atoms with Crippen LogP contribution in [-0.2, 0) is 14.3 Å². The Labute approximate surface area is 117 Å². The van der Waals surface area contributed by atoms with Gasteiger partial charge in [-0.2, -0.15) is 0 Å². The Kier molecular flexibility index (Phi) is 4.90. The summed E-state index contributed by atoms with van der Waals surface area (Å²) < 4.78 is 10.6. The van der Waals surface area contributed by atoms with Crippen LogP contribution in [0.4, 0.5) is 0 Å². The monoisotopic (exact) mass is 284 g/mol. The second kappa shape index (κ2) is 6.45. The maximum absolute atomic E-state index is 12.0. The number of thiazole rings is 1. The molecule has 2 heterocycles. The zero-order valence-electron chi connectivity index (χ0n) is 11.5. The minimum absolute atomic E-state index is 0.109. The molecule has 2 rings (SSSR count). The summed E-state index contributed by atoms with van der Waals surface area (Å²) in [4.78, 5) is 16.5. The van der Waals surface area contributed by atoms with Crippen LogP contribution >= 0.6 is 11.3 Å². The summed E-state index contributed by atoms with van der Waals surface area (Å²) in [7, 11) is 0. The predicted octanol–water partition coefficient (Wildman–Crippen LogP) is 1.86. The van der Waals surface area contributed by atoms with Crippen LogP contribution in [0.25, 0.3) is 0 Å². The highest BCUT2D eigenvalue weighted by atomic mass is 32.1. The fraction of sp³-hybridized carbons (Fsp3) is 0.692. The molecule has 0 aliphatic carbocycles. The normalized spacial score (nSPS) is 21.4. The summed E-state index contributed by atoms with van der Waals surface area (Å²) in [6, 6.07) is -0.109. The summed E-state index contributed by atoms with van der Waals surface area (Å²) in [6.45, 7) is 7.51. The molecular weight excluding hydrogens is 264 g/mol. The number of hydrogen-bond donors (Lipinski definition) is 1. The largest absolute Gasteiger partial charge is 0.376 e. The molecule has 106 valence electrons. The van der Waals surface area contributed by atoms with Gasteiger partial charge in [0.1, 0.15) is 0 Å². The first-order valence-electron chi connectivity index (χ1n) is 6.53. The Morgan fingerprint density at radius 1 is 1.47 bits per heavy atom. The molecule has 1 aliphatic heterocycles. The summed E-state index contributed by atoms with van der Waals surface area (Å²) in [5.41, 5.74) is 0.902. The maximum atomic E-state index is 12.0. The van der Waals surface area contributed by atoms with E-state index in [1.807, 2.05) is 12.3 Å². The molecule has 1 amide bonds. The van der Waals surface area contributed by atoms with Gasteiger partial charge in [0.05, 0.1) is 36.6 Å². The van der Waals surface area contributed by atoms with Crippen LogP contribution in [-0.4, -0.2) is 36.8 Å². The lowest BCUT2D eigenvalue weighted by Crippen LogP contribution is -2.43. The molecule has 0 radical (unpaired) electrons. The molecule has 6 heteroatoms. The van der Waals surface area contributed by atoms with Gasteiger partial charge in [0, 0.05) is 11.3 Å². The van der Waals surface area contributed by atoms with E-state index in [9.17, 15) is 4.79 Å². The summed E-state index contributed by atoms with van der Waals surface area (Å²) in [5, 5.41) is 6.01. The number of amides is 1. The Morgan fingerprint density at radius 2 is 2.26 bits per heavy atom. The van der Waals surface area contributed by atoms with Crippen LogP contribution in [0.2, 0.25) is 0 Å². The lowest BCUT2D eigenvalue weighted by atomic mass is 10.2. The van der Waals surface area contributed by atoms with Crippen molar-refractivity contribution in [3.63, 3.8) is 0 Å². The van der Waals surface area contributed by atoms with E-state index in [2.05, 4.69) is 24.1 Å². The molecule has 0 unspecified atom stereocenters. The van der Waals surface area contributed by atoms with Crippen LogP contribution in [0.3, 0.4) is 0 Å². The molecule has 1 N–H and O–H groups in total. The molecule has 0 spiro atoms. The quantitative estimate of drug-likeness (QED) is 0.917. The maximum Gasteiger partial charge on any atom is 0.252 e. The molecular formula is C13H20N2O3S. The van der Waals surface area contributed by atoms with Gasteiger partial charge in [0.25, 0.3) is 5.91 Å². The molecule has 0 saturated carbocycles. The highest BCUT2D eigenvalue weighted by Crippen LogP contribution is 2.22. The van der Waals surface area contributed by atoms with Crippen LogP contribution in [0.5, 0.6) is 0 Å². The van der Waals surface area contributed by atoms with Gasteiger partial charge in [-0.1, -0.05) is 13.8 Å². The van der Waals surface area contributed by atoms with Crippen molar-refractivity contribution in [1.82, 2.24) is 10.3 Å². The first-order valence-corrected chi connectivity index (χ1v) is 7.41. The Morgan fingerprint density at radius 3 is 2.84 bits per heavy atom. The minimum Gasteiger partial charge on any atom is -0.376 e. The number of aromatic nitrogens is 1. The van der Waals surface area contributed by atoms with Crippen LogP contribution < -0.4 is 5.32 Å². The van der Waals surface area contributed by atoms with E-state index in [0.717, 1.165) is 10.7 Å². The van der Waals surface area contributed by atoms with Crippen molar-refractivity contribution in [2.24, 2.45) is 0 Å². The Balaban J connectivity index is 1.91. The number of nitrogens with zero attached hydrogens (tertiary/aromatic N) is 1. The zero-order valence-corrected chi connectivity index (χ0v) is 12.3. The molecule has 1 aromatic rings. The number of rotatable bonds is 4. The van der Waals surface area contributed by atoms with Crippen LogP contribution in [0.1, 0.15) is 43.4 Å². The first-order chi connectivity index (χ1) is 9.08. The van der Waals surface area contributed by atoms with E-state index in [1.165, 1.54) is 0 Å². The fourth-order valence-corrected chi connectivity index (χ4v) is 2.71. The standard InChI is InChI=1S/C13H20N2O3S/c1-8(2)13-15-10(7-19-13)9(3)14-12(16)11-6-17-4-5-18-11/h7-9,11H,4-6H2,1-3H3,(H,14,16)/t9-,11+/m0/s1. The predicted molar refractivity (Wildman–Crippen MR) is 73.3 cm³/mol. The van der Waals surface area contributed by atoms with Crippen LogP contribution in [0.15, 0.2) is 5.38 Å². The third kappa shape index (κ3) is 3.75. The van der Waals surface area contributed by atoms with Gasteiger partial charge < -0.3 is 14.8 Å². The third-order valence-corrected chi connectivity index (χ3v) is 4.11. The van der Waals surface area contributed by atoms with Gasteiger partial charge in [-0.3, -0.25) is 4.79 Å². The van der Waals surface area contributed by atoms with Crippen molar-refractivity contribution < 1.29 is 14.3 Å². The average molecular weight is 284 g/mol. The second-order valence-electron chi connectivity index (χ2n) is 4.93. The second-order valence-corrected chi connectivity index (χ2v) is 5.82. The third-order valence-electron chi connectivity index (χ3n) is 2.94. The number of hydrogen-bond acceptors (Lipinski definition) is 5. The number of carbonyl (C=O) groups excluding carboxylic acids is 1. The smallest absolute Gasteiger partial charge is 0.252 e. The van der Waals surface area contributed by atoms with Crippen molar-refractivity contribution in [2.45, 2.75) is 38.8 Å². The number of ether oxygens (including phenoxy) is 2. The highest BCUT2D eigenvalue weighted by Gasteiger charge is 2.24. The van der Waals surface area contributed by atoms with Gasteiger partial charge >= 0.3 is 0 Å². The minimum atomic E-state index is -0.501. The van der Waals surface area contributed by atoms with E-state index in [-0.39, 0.29) is 11.9 Å². The SMILES string of the molecule is CC(C)c1nc([C@H](C)NC(=O)[C@H]2COCCO2)cs1. The molecule has 1 aromatic heterocycles. The Hall–Kier alpha value is -0.980. The van der Waals surface area contributed by atoms with Gasteiger partial charge in [0.15, 0.2) is 6.10 Å². The molecule has 2 atom stereocenters. The van der Waals surface area contributed by atoms with Gasteiger partial charge in [-0.15, -0.1) is 11.3 Å². The molecule has 0 bridgehead atoms. The van der Waals surface area contributed by atoms with Crippen molar-refractivity contribution in [1.29, 1.82) is 0 Å². The van der Waals surface area contributed by atoms with Gasteiger partial charge in [-0.05, 0) is 6.92 Å². The lowest BCUT2D eigenvalue weighted by molar-refractivity contribution is -0.148. The van der Waals surface area contributed by atoms with Crippen LogP contribution in [0, 0.1) is 0 Å². The van der Waals surface area contributed by atoms with E-state index < -0.39 is 6.10 Å². The molecule has 0 aromatic carbocycles. The summed E-state index contributed by atoms with van der Waals surface area (Å²) in [5.74, 6) is 0.281. The number of carbonyl (C=O) groups is 1. The topological polar surface area (TPSA) is 60.5 Å². The molecule has 19 heavy (non-hydrogen) atoms.